The molecule has 2 atom stereocenters. The standard InChI is InChI=1S/C15H18N2O3/c1-9-6-17(7-10(2)16-9)11-3-4-14-12(5-11)13(8-20-14)15(18)19/h3-5,8-10,16H,6-7H2,1-2H3,(H,18,19). The third kappa shape index (κ3) is 2.25. The number of aromatic carboxylic acids is 1. The third-order valence-corrected chi connectivity index (χ3v) is 3.71. The molecule has 1 fully saturated rings. The lowest BCUT2D eigenvalue weighted by Gasteiger charge is -2.37. The average molecular weight is 274 g/mol. The van der Waals surface area contributed by atoms with Gasteiger partial charge < -0.3 is 19.7 Å². The van der Waals surface area contributed by atoms with Gasteiger partial charge >= 0.3 is 5.97 Å². The van der Waals surface area contributed by atoms with Crippen LogP contribution < -0.4 is 10.2 Å². The van der Waals surface area contributed by atoms with E-state index in [1.165, 1.54) is 6.26 Å². The second kappa shape index (κ2) is 4.83. The van der Waals surface area contributed by atoms with Crippen LogP contribution in [-0.2, 0) is 0 Å². The normalized spacial score (nSPS) is 23.2. The molecule has 0 saturated carbocycles. The van der Waals surface area contributed by atoms with E-state index in [0.29, 0.717) is 23.1 Å². The number of carbonyl (C=O) groups is 1. The van der Waals surface area contributed by atoms with E-state index in [1.807, 2.05) is 18.2 Å². The molecule has 1 saturated heterocycles. The average Bonchev–Trinajstić information content (AvgIpc) is 2.80. The number of piperazine rings is 1. The van der Waals surface area contributed by atoms with Crippen LogP contribution in [0.2, 0.25) is 0 Å². The first-order valence-electron chi connectivity index (χ1n) is 6.80. The van der Waals surface area contributed by atoms with E-state index in [4.69, 9.17) is 4.42 Å². The molecule has 0 amide bonds. The Balaban J connectivity index is 1.99. The molecule has 0 bridgehead atoms. The summed E-state index contributed by atoms with van der Waals surface area (Å²) >= 11 is 0. The molecule has 5 heteroatoms. The quantitative estimate of drug-likeness (QED) is 0.879. The van der Waals surface area contributed by atoms with Gasteiger partial charge in [0.2, 0.25) is 0 Å². The van der Waals surface area contributed by atoms with Crippen LogP contribution in [0.1, 0.15) is 24.2 Å². The lowest BCUT2D eigenvalue weighted by molar-refractivity contribution is 0.0698. The first-order valence-corrected chi connectivity index (χ1v) is 6.80. The van der Waals surface area contributed by atoms with E-state index >= 15 is 0 Å². The topological polar surface area (TPSA) is 65.7 Å². The van der Waals surface area contributed by atoms with Gasteiger partial charge in [0.15, 0.2) is 0 Å². The van der Waals surface area contributed by atoms with Crippen LogP contribution in [0, 0.1) is 0 Å². The molecule has 0 radical (unpaired) electrons. The zero-order valence-corrected chi connectivity index (χ0v) is 11.6. The largest absolute Gasteiger partial charge is 0.478 e. The highest BCUT2D eigenvalue weighted by Crippen LogP contribution is 2.27. The number of hydrogen-bond donors (Lipinski definition) is 2. The van der Waals surface area contributed by atoms with Gasteiger partial charge in [-0.3, -0.25) is 0 Å². The van der Waals surface area contributed by atoms with E-state index in [9.17, 15) is 9.90 Å². The summed E-state index contributed by atoms with van der Waals surface area (Å²) in [6.45, 7) is 6.13. The minimum atomic E-state index is -0.956. The number of fused-ring (bicyclic) bond motifs is 1. The maximum Gasteiger partial charge on any atom is 0.339 e. The number of hydrogen-bond acceptors (Lipinski definition) is 4. The van der Waals surface area contributed by atoms with E-state index in [0.717, 1.165) is 18.8 Å². The number of nitrogens with zero attached hydrogens (tertiary/aromatic N) is 1. The summed E-state index contributed by atoms with van der Waals surface area (Å²) in [7, 11) is 0. The molecule has 1 aliphatic heterocycles. The number of benzene rings is 1. The fourth-order valence-corrected chi connectivity index (χ4v) is 2.92. The number of rotatable bonds is 2. The van der Waals surface area contributed by atoms with Gasteiger partial charge in [-0.25, -0.2) is 4.79 Å². The van der Waals surface area contributed by atoms with Crippen molar-refractivity contribution in [3.63, 3.8) is 0 Å². The summed E-state index contributed by atoms with van der Waals surface area (Å²) in [5, 5.41) is 13.3. The smallest absolute Gasteiger partial charge is 0.339 e. The number of anilines is 1. The molecule has 2 aromatic rings. The first-order chi connectivity index (χ1) is 9.54. The molecule has 3 rings (SSSR count). The molecule has 1 aliphatic rings. The Morgan fingerprint density at radius 1 is 1.35 bits per heavy atom. The number of carboxylic acids is 1. The van der Waals surface area contributed by atoms with Crippen molar-refractivity contribution in [2.24, 2.45) is 0 Å². The van der Waals surface area contributed by atoms with Crippen molar-refractivity contribution < 1.29 is 14.3 Å². The van der Waals surface area contributed by atoms with E-state index in [2.05, 4.69) is 24.1 Å². The van der Waals surface area contributed by atoms with Crippen molar-refractivity contribution in [1.82, 2.24) is 5.32 Å². The Bertz CT molecular complexity index is 640. The molecular weight excluding hydrogens is 256 g/mol. The molecule has 1 aromatic heterocycles. The van der Waals surface area contributed by atoms with Gasteiger partial charge in [0.25, 0.3) is 0 Å². The lowest BCUT2D eigenvalue weighted by atomic mass is 10.1. The fraction of sp³-hybridized carbons (Fsp3) is 0.400. The van der Waals surface area contributed by atoms with Gasteiger partial charge in [-0.1, -0.05) is 0 Å². The summed E-state index contributed by atoms with van der Waals surface area (Å²) in [4.78, 5) is 13.5. The maximum absolute atomic E-state index is 11.2. The van der Waals surface area contributed by atoms with E-state index in [1.54, 1.807) is 0 Å². The van der Waals surface area contributed by atoms with Crippen molar-refractivity contribution in [1.29, 1.82) is 0 Å². The zero-order valence-electron chi connectivity index (χ0n) is 11.6. The van der Waals surface area contributed by atoms with Crippen molar-refractivity contribution >= 4 is 22.6 Å². The van der Waals surface area contributed by atoms with Gasteiger partial charge in [0.1, 0.15) is 17.4 Å². The first kappa shape index (κ1) is 13.0. The minimum absolute atomic E-state index is 0.220. The van der Waals surface area contributed by atoms with E-state index < -0.39 is 5.97 Å². The van der Waals surface area contributed by atoms with Gasteiger partial charge in [-0.15, -0.1) is 0 Å². The second-order valence-electron chi connectivity index (χ2n) is 5.51. The Labute approximate surface area is 117 Å². The summed E-state index contributed by atoms with van der Waals surface area (Å²) in [5.74, 6) is -0.956. The highest BCUT2D eigenvalue weighted by atomic mass is 16.4. The highest BCUT2D eigenvalue weighted by Gasteiger charge is 2.22. The van der Waals surface area contributed by atoms with Crippen LogP contribution in [0.25, 0.3) is 11.0 Å². The van der Waals surface area contributed by atoms with Crippen molar-refractivity contribution in [3.8, 4) is 0 Å². The molecule has 2 unspecified atom stereocenters. The maximum atomic E-state index is 11.2. The summed E-state index contributed by atoms with van der Waals surface area (Å²) in [6, 6.07) is 6.57. The second-order valence-corrected chi connectivity index (χ2v) is 5.51. The summed E-state index contributed by atoms with van der Waals surface area (Å²) < 4.78 is 5.28. The molecule has 106 valence electrons. The van der Waals surface area contributed by atoms with Crippen molar-refractivity contribution in [2.45, 2.75) is 25.9 Å². The lowest BCUT2D eigenvalue weighted by Crippen LogP contribution is -2.54. The summed E-state index contributed by atoms with van der Waals surface area (Å²) in [6.07, 6.45) is 1.31. The van der Waals surface area contributed by atoms with Crippen molar-refractivity contribution in [3.05, 3.63) is 30.0 Å². The molecule has 0 aliphatic carbocycles. The fourth-order valence-electron chi connectivity index (χ4n) is 2.92. The molecule has 0 spiro atoms. The van der Waals surface area contributed by atoms with Crippen molar-refractivity contribution in [2.75, 3.05) is 18.0 Å². The summed E-state index contributed by atoms with van der Waals surface area (Å²) in [5.41, 5.74) is 1.88. The zero-order chi connectivity index (χ0) is 14.3. The van der Waals surface area contributed by atoms with E-state index in [-0.39, 0.29) is 5.56 Å². The van der Waals surface area contributed by atoms with Gasteiger partial charge in [-0.2, -0.15) is 0 Å². The SMILES string of the molecule is CC1CN(c2ccc3occ(C(=O)O)c3c2)CC(C)N1. The number of nitrogens with one attached hydrogen (secondary N) is 1. The Kier molecular flexibility index (Phi) is 3.14. The van der Waals surface area contributed by atoms with Gasteiger partial charge in [-0.05, 0) is 32.0 Å². The predicted octanol–water partition coefficient (Wildman–Crippen LogP) is 2.32. The minimum Gasteiger partial charge on any atom is -0.478 e. The monoisotopic (exact) mass is 274 g/mol. The third-order valence-electron chi connectivity index (χ3n) is 3.71. The van der Waals surface area contributed by atoms with Crippen LogP contribution in [0.5, 0.6) is 0 Å². The Hall–Kier alpha value is -2.01. The van der Waals surface area contributed by atoms with Crippen LogP contribution in [0.3, 0.4) is 0 Å². The van der Waals surface area contributed by atoms with Crippen LogP contribution in [-0.4, -0.2) is 36.2 Å². The highest BCUT2D eigenvalue weighted by molar-refractivity contribution is 6.03. The molecule has 20 heavy (non-hydrogen) atoms. The van der Waals surface area contributed by atoms with Gasteiger partial charge in [0, 0.05) is 36.2 Å². The molecule has 2 N–H and O–H groups in total. The number of carboxylic acid groups (broad SMARTS) is 1. The van der Waals surface area contributed by atoms with Crippen LogP contribution >= 0.6 is 0 Å². The molecular formula is C15H18N2O3. The number of furan rings is 1. The Morgan fingerprint density at radius 3 is 2.70 bits per heavy atom. The van der Waals surface area contributed by atoms with Crippen LogP contribution in [0.4, 0.5) is 5.69 Å². The molecule has 5 nitrogen and oxygen atoms in total. The molecule has 2 heterocycles. The predicted molar refractivity (Wildman–Crippen MR) is 77.4 cm³/mol. The Morgan fingerprint density at radius 2 is 2.05 bits per heavy atom. The van der Waals surface area contributed by atoms with Crippen LogP contribution in [0.15, 0.2) is 28.9 Å². The molecule has 1 aromatic carbocycles. The van der Waals surface area contributed by atoms with Gasteiger partial charge in [0.05, 0.1) is 0 Å².